The fraction of sp³-hybridized carbons (Fsp3) is 0.161. The lowest BCUT2D eigenvalue weighted by atomic mass is 9.92. The molecule has 39 heavy (non-hydrogen) atoms. The third kappa shape index (κ3) is 5.01. The lowest BCUT2D eigenvalue weighted by Gasteiger charge is -2.17. The van der Waals surface area contributed by atoms with E-state index in [4.69, 9.17) is 0 Å². The average Bonchev–Trinajstić information content (AvgIpc) is 3.52. The molecular formula is C31H27FN6O. The molecule has 0 saturated carbocycles. The number of H-pyrrole nitrogens is 2. The molecule has 8 heteroatoms. The Bertz CT molecular complexity index is 1830. The molecule has 4 heterocycles. The van der Waals surface area contributed by atoms with Crippen molar-refractivity contribution in [3.63, 3.8) is 0 Å². The number of hydrogen-bond acceptors (Lipinski definition) is 4. The van der Waals surface area contributed by atoms with Crippen molar-refractivity contribution in [2.24, 2.45) is 5.41 Å². The summed E-state index contributed by atoms with van der Waals surface area (Å²) in [6.45, 7) is 6.10. The summed E-state index contributed by atoms with van der Waals surface area (Å²) in [5.41, 5.74) is 7.42. The number of aromatic nitrogens is 5. The summed E-state index contributed by atoms with van der Waals surface area (Å²) in [7, 11) is 0. The summed E-state index contributed by atoms with van der Waals surface area (Å²) < 4.78 is 13.5. The van der Waals surface area contributed by atoms with Gasteiger partial charge in [-0.25, -0.2) is 4.39 Å². The van der Waals surface area contributed by atoms with E-state index in [1.54, 1.807) is 30.7 Å². The van der Waals surface area contributed by atoms with Gasteiger partial charge in [0.2, 0.25) is 5.91 Å². The summed E-state index contributed by atoms with van der Waals surface area (Å²) in [6, 6.07) is 18.3. The maximum atomic E-state index is 13.5. The molecule has 0 aliphatic heterocycles. The normalized spacial score (nSPS) is 11.8. The Labute approximate surface area is 224 Å². The topological polar surface area (TPSA) is 99.3 Å². The smallest absolute Gasteiger partial charge is 0.224 e. The van der Waals surface area contributed by atoms with Crippen molar-refractivity contribution in [3.05, 3.63) is 85.1 Å². The molecule has 194 valence electrons. The van der Waals surface area contributed by atoms with Gasteiger partial charge in [-0.3, -0.25) is 19.9 Å². The van der Waals surface area contributed by atoms with Crippen LogP contribution in [0.2, 0.25) is 0 Å². The van der Waals surface area contributed by atoms with Gasteiger partial charge in [0.15, 0.2) is 0 Å². The largest absolute Gasteiger partial charge is 0.353 e. The molecule has 0 radical (unpaired) electrons. The summed E-state index contributed by atoms with van der Waals surface area (Å²) in [5, 5.41) is 12.6. The van der Waals surface area contributed by atoms with Crippen LogP contribution in [-0.2, 0) is 4.79 Å². The number of pyridine rings is 2. The van der Waals surface area contributed by atoms with Crippen LogP contribution in [0.25, 0.3) is 55.6 Å². The SMILES string of the molecule is CC(C)(C)CC(=O)Nc1cncc(-c2ccc3[nH]nc(-c4cc5c(-c6ccc(F)cc6)nccc5[nH]4)c3c2)c1. The van der Waals surface area contributed by atoms with Crippen LogP contribution < -0.4 is 5.32 Å². The minimum absolute atomic E-state index is 0.0395. The molecule has 0 saturated heterocycles. The number of hydrogen-bond donors (Lipinski definition) is 3. The first-order chi connectivity index (χ1) is 18.7. The third-order valence-electron chi connectivity index (χ3n) is 6.53. The van der Waals surface area contributed by atoms with Crippen LogP contribution in [0.1, 0.15) is 27.2 Å². The van der Waals surface area contributed by atoms with Crippen LogP contribution in [-0.4, -0.2) is 31.1 Å². The number of carbonyl (C=O) groups is 1. The van der Waals surface area contributed by atoms with Gasteiger partial charge in [-0.05, 0) is 65.6 Å². The van der Waals surface area contributed by atoms with Gasteiger partial charge >= 0.3 is 0 Å². The Morgan fingerprint density at radius 3 is 2.44 bits per heavy atom. The molecule has 0 aliphatic rings. The Morgan fingerprint density at radius 2 is 1.64 bits per heavy atom. The van der Waals surface area contributed by atoms with E-state index in [9.17, 15) is 9.18 Å². The van der Waals surface area contributed by atoms with E-state index in [2.05, 4.69) is 36.5 Å². The van der Waals surface area contributed by atoms with Crippen LogP contribution in [0.15, 0.2) is 79.3 Å². The standard InChI is InChI=1S/C31H27FN6O/c1-31(2,3)15-28(39)35-22-12-20(16-33-17-22)19-6-9-26-23(13-19)30(38-37-26)27-14-24-25(36-27)10-11-34-29(24)18-4-7-21(32)8-5-18/h4-14,16-17,36H,15H2,1-3H3,(H,35,39)(H,37,38). The van der Waals surface area contributed by atoms with E-state index in [1.807, 2.05) is 51.1 Å². The Morgan fingerprint density at radius 1 is 0.872 bits per heavy atom. The van der Waals surface area contributed by atoms with E-state index >= 15 is 0 Å². The lowest BCUT2D eigenvalue weighted by Crippen LogP contribution is -2.19. The number of nitrogens with one attached hydrogen (secondary N) is 3. The van der Waals surface area contributed by atoms with Gasteiger partial charge < -0.3 is 10.3 Å². The molecule has 3 N–H and O–H groups in total. The van der Waals surface area contributed by atoms with Crippen molar-refractivity contribution in [1.29, 1.82) is 0 Å². The van der Waals surface area contributed by atoms with E-state index in [1.165, 1.54) is 12.1 Å². The molecule has 0 fully saturated rings. The summed E-state index contributed by atoms with van der Waals surface area (Å²) in [6.07, 6.45) is 5.60. The minimum Gasteiger partial charge on any atom is -0.353 e. The quantitative estimate of drug-likeness (QED) is 0.222. The number of benzene rings is 2. The zero-order valence-corrected chi connectivity index (χ0v) is 21.8. The molecule has 1 amide bonds. The first kappa shape index (κ1) is 24.5. The number of carbonyl (C=O) groups excluding carboxylic acids is 1. The Hall–Kier alpha value is -4.85. The van der Waals surface area contributed by atoms with Crippen LogP contribution in [0.5, 0.6) is 0 Å². The zero-order chi connectivity index (χ0) is 27.1. The molecule has 6 aromatic rings. The van der Waals surface area contributed by atoms with Crippen molar-refractivity contribution in [2.45, 2.75) is 27.2 Å². The van der Waals surface area contributed by atoms with Crippen molar-refractivity contribution in [2.75, 3.05) is 5.32 Å². The van der Waals surface area contributed by atoms with Gasteiger partial charge in [0, 0.05) is 46.2 Å². The van der Waals surface area contributed by atoms with Gasteiger partial charge in [0.05, 0.1) is 28.8 Å². The molecule has 0 atom stereocenters. The number of halogens is 1. The van der Waals surface area contributed by atoms with Gasteiger partial charge in [0.1, 0.15) is 11.5 Å². The van der Waals surface area contributed by atoms with E-state index in [0.717, 1.165) is 55.6 Å². The molecule has 6 rings (SSSR count). The molecule has 0 spiro atoms. The van der Waals surface area contributed by atoms with Crippen molar-refractivity contribution >= 4 is 33.4 Å². The van der Waals surface area contributed by atoms with E-state index < -0.39 is 0 Å². The fourth-order valence-corrected chi connectivity index (χ4v) is 4.77. The van der Waals surface area contributed by atoms with Crippen molar-refractivity contribution in [3.8, 4) is 33.8 Å². The second-order valence-electron chi connectivity index (χ2n) is 10.9. The number of fused-ring (bicyclic) bond motifs is 2. The highest BCUT2D eigenvalue weighted by molar-refractivity contribution is 6.01. The second kappa shape index (κ2) is 9.47. The molecule has 2 aromatic carbocycles. The molecule has 0 bridgehead atoms. The molecule has 7 nitrogen and oxygen atoms in total. The number of nitrogens with zero attached hydrogens (tertiary/aromatic N) is 3. The van der Waals surface area contributed by atoms with E-state index in [-0.39, 0.29) is 17.1 Å². The summed E-state index contributed by atoms with van der Waals surface area (Å²) in [5.74, 6) is -0.324. The van der Waals surface area contributed by atoms with Crippen LogP contribution in [0.3, 0.4) is 0 Å². The maximum absolute atomic E-state index is 13.5. The maximum Gasteiger partial charge on any atom is 0.224 e. The van der Waals surface area contributed by atoms with Gasteiger partial charge in [-0.2, -0.15) is 5.10 Å². The molecule has 0 unspecified atom stereocenters. The molecule has 4 aromatic heterocycles. The predicted octanol–water partition coefficient (Wildman–Crippen LogP) is 7.35. The van der Waals surface area contributed by atoms with Crippen molar-refractivity contribution in [1.82, 2.24) is 25.1 Å². The van der Waals surface area contributed by atoms with Crippen molar-refractivity contribution < 1.29 is 9.18 Å². The Balaban J connectivity index is 1.36. The summed E-state index contributed by atoms with van der Waals surface area (Å²) >= 11 is 0. The highest BCUT2D eigenvalue weighted by Gasteiger charge is 2.17. The summed E-state index contributed by atoms with van der Waals surface area (Å²) in [4.78, 5) is 24.8. The first-order valence-corrected chi connectivity index (χ1v) is 12.7. The van der Waals surface area contributed by atoms with Crippen LogP contribution in [0, 0.1) is 11.2 Å². The number of aromatic amines is 2. The zero-order valence-electron chi connectivity index (χ0n) is 21.8. The number of amides is 1. The monoisotopic (exact) mass is 518 g/mol. The average molecular weight is 519 g/mol. The highest BCUT2D eigenvalue weighted by Crippen LogP contribution is 2.34. The van der Waals surface area contributed by atoms with Gasteiger partial charge in [-0.15, -0.1) is 0 Å². The minimum atomic E-state index is -0.285. The number of rotatable bonds is 5. The van der Waals surface area contributed by atoms with Crippen LogP contribution in [0.4, 0.5) is 10.1 Å². The second-order valence-corrected chi connectivity index (χ2v) is 10.9. The first-order valence-electron chi connectivity index (χ1n) is 12.7. The van der Waals surface area contributed by atoms with Gasteiger partial charge in [0.25, 0.3) is 0 Å². The third-order valence-corrected chi connectivity index (χ3v) is 6.53. The highest BCUT2D eigenvalue weighted by atomic mass is 19.1. The predicted molar refractivity (Wildman–Crippen MR) is 153 cm³/mol. The molecular weight excluding hydrogens is 491 g/mol. The lowest BCUT2D eigenvalue weighted by molar-refractivity contribution is -0.117. The van der Waals surface area contributed by atoms with Gasteiger partial charge in [-0.1, -0.05) is 26.8 Å². The van der Waals surface area contributed by atoms with Crippen LogP contribution >= 0.6 is 0 Å². The fourth-order valence-electron chi connectivity index (χ4n) is 4.77. The Kier molecular flexibility index (Phi) is 5.95. The number of anilines is 1. The molecule has 0 aliphatic carbocycles. The van der Waals surface area contributed by atoms with E-state index in [0.29, 0.717) is 12.1 Å².